The predicted octanol–water partition coefficient (Wildman–Crippen LogP) is 3.19. The summed E-state index contributed by atoms with van der Waals surface area (Å²) in [5, 5.41) is 7.08. The Kier molecular flexibility index (Phi) is 8.21. The summed E-state index contributed by atoms with van der Waals surface area (Å²) in [5.41, 5.74) is 3.64. The number of fused-ring (bicyclic) bond motifs is 1. The molecule has 7 heteroatoms. The van der Waals surface area contributed by atoms with Crippen LogP contribution in [0.5, 0.6) is 5.75 Å². The molecule has 2 heterocycles. The molecule has 1 aliphatic rings. The zero-order valence-electron chi connectivity index (χ0n) is 21.0. The molecule has 1 aliphatic heterocycles. The second-order valence-electron chi connectivity index (χ2n) is 9.18. The normalized spacial score (nSPS) is 14.8. The van der Waals surface area contributed by atoms with Gasteiger partial charge in [0.1, 0.15) is 5.75 Å². The van der Waals surface area contributed by atoms with E-state index in [1.165, 1.54) is 17.2 Å². The fourth-order valence-corrected chi connectivity index (χ4v) is 4.80. The van der Waals surface area contributed by atoms with Gasteiger partial charge in [-0.2, -0.15) is 0 Å². The van der Waals surface area contributed by atoms with Crippen molar-refractivity contribution in [1.29, 1.82) is 0 Å². The number of pyridine rings is 1. The van der Waals surface area contributed by atoms with E-state index < -0.39 is 0 Å². The highest BCUT2D eigenvalue weighted by molar-refractivity contribution is 6.06. The highest BCUT2D eigenvalue weighted by atomic mass is 16.5. The number of likely N-dealkylation sites (tertiary alicyclic amines) is 1. The number of carbonyl (C=O) groups is 1. The fourth-order valence-electron chi connectivity index (χ4n) is 4.80. The lowest BCUT2D eigenvalue weighted by Gasteiger charge is -2.32. The van der Waals surface area contributed by atoms with Gasteiger partial charge < -0.3 is 24.8 Å². The Morgan fingerprint density at radius 3 is 2.40 bits per heavy atom. The van der Waals surface area contributed by atoms with E-state index in [0.29, 0.717) is 23.9 Å². The van der Waals surface area contributed by atoms with Gasteiger partial charge in [-0.3, -0.25) is 9.59 Å². The monoisotopic (exact) mass is 476 g/mol. The van der Waals surface area contributed by atoms with Crippen molar-refractivity contribution in [2.24, 2.45) is 0 Å². The number of ether oxygens (including phenoxy) is 1. The van der Waals surface area contributed by atoms with Gasteiger partial charge in [0.05, 0.1) is 18.2 Å². The molecule has 1 amide bonds. The highest BCUT2D eigenvalue weighted by Gasteiger charge is 2.20. The van der Waals surface area contributed by atoms with Crippen molar-refractivity contribution in [1.82, 2.24) is 20.1 Å². The van der Waals surface area contributed by atoms with Crippen molar-refractivity contribution < 1.29 is 9.53 Å². The van der Waals surface area contributed by atoms with Gasteiger partial charge in [-0.05, 0) is 55.6 Å². The second kappa shape index (κ2) is 11.5. The van der Waals surface area contributed by atoms with E-state index in [1.54, 1.807) is 18.7 Å². The minimum Gasteiger partial charge on any atom is -0.497 e. The number of rotatable bonds is 9. The average Bonchev–Trinajstić information content (AvgIpc) is 2.91. The molecule has 3 aromatic rings. The summed E-state index contributed by atoms with van der Waals surface area (Å²) >= 11 is 0. The molecule has 1 aromatic heterocycles. The van der Waals surface area contributed by atoms with Gasteiger partial charge in [0.2, 0.25) is 0 Å². The fraction of sp³-hybridized carbons (Fsp3) is 0.429. The number of amides is 1. The van der Waals surface area contributed by atoms with Gasteiger partial charge in [0.15, 0.2) is 0 Å². The van der Waals surface area contributed by atoms with Crippen molar-refractivity contribution >= 4 is 16.8 Å². The quantitative estimate of drug-likeness (QED) is 0.496. The lowest BCUT2D eigenvalue weighted by atomic mass is 10.0. The Labute approximate surface area is 207 Å². The van der Waals surface area contributed by atoms with Crippen molar-refractivity contribution in [3.63, 3.8) is 0 Å². The number of methoxy groups -OCH3 is 1. The summed E-state index contributed by atoms with van der Waals surface area (Å²) in [6.45, 7) is 6.43. The highest BCUT2D eigenvalue weighted by Crippen LogP contribution is 2.23. The number of aryl methyl sites for hydroxylation is 1. The number of hydrogen-bond acceptors (Lipinski definition) is 5. The van der Waals surface area contributed by atoms with Crippen LogP contribution in [-0.2, 0) is 19.5 Å². The number of nitrogens with zero attached hydrogens (tertiary/aromatic N) is 2. The van der Waals surface area contributed by atoms with Gasteiger partial charge in [-0.15, -0.1) is 0 Å². The van der Waals surface area contributed by atoms with Crippen molar-refractivity contribution in [2.75, 3.05) is 33.8 Å². The van der Waals surface area contributed by atoms with Crippen LogP contribution < -0.4 is 20.9 Å². The van der Waals surface area contributed by atoms with E-state index in [1.807, 2.05) is 18.2 Å². The van der Waals surface area contributed by atoms with Crippen LogP contribution in [0.1, 0.15) is 41.3 Å². The standard InChI is InChI=1S/C28H36N4O3/c1-4-20-5-7-21(8-6-20)19-30-22-11-13-31(14-12-22)15-16-32-26-17-23(35-3)9-10-24(26)25(18-27(32)33)28(34)29-2/h5-10,17-18,22,30H,4,11-16,19H2,1-3H3,(H,29,34). The van der Waals surface area contributed by atoms with Crippen LogP contribution in [0.15, 0.2) is 53.3 Å². The maximum atomic E-state index is 13.0. The molecule has 1 fully saturated rings. The minimum atomic E-state index is -0.264. The number of benzene rings is 2. The third-order valence-electron chi connectivity index (χ3n) is 7.04. The first-order valence-corrected chi connectivity index (χ1v) is 12.5. The number of carbonyl (C=O) groups excluding carboxylic acids is 1. The largest absolute Gasteiger partial charge is 0.497 e. The zero-order valence-corrected chi connectivity index (χ0v) is 21.0. The van der Waals surface area contributed by atoms with E-state index in [2.05, 4.69) is 46.7 Å². The van der Waals surface area contributed by atoms with Gasteiger partial charge in [-0.25, -0.2) is 0 Å². The summed E-state index contributed by atoms with van der Waals surface area (Å²) < 4.78 is 7.14. The first-order chi connectivity index (χ1) is 17.0. The molecule has 0 bridgehead atoms. The molecule has 2 aromatic carbocycles. The van der Waals surface area contributed by atoms with E-state index in [4.69, 9.17) is 4.74 Å². The molecule has 0 atom stereocenters. The smallest absolute Gasteiger partial charge is 0.251 e. The summed E-state index contributed by atoms with van der Waals surface area (Å²) in [6, 6.07) is 16.3. The van der Waals surface area contributed by atoms with Gasteiger partial charge in [0.25, 0.3) is 11.5 Å². The van der Waals surface area contributed by atoms with Crippen LogP contribution >= 0.6 is 0 Å². The molecule has 186 valence electrons. The summed E-state index contributed by atoms with van der Waals surface area (Å²) in [4.78, 5) is 27.7. The van der Waals surface area contributed by atoms with Gasteiger partial charge >= 0.3 is 0 Å². The zero-order chi connectivity index (χ0) is 24.8. The second-order valence-corrected chi connectivity index (χ2v) is 9.18. The summed E-state index contributed by atoms with van der Waals surface area (Å²) in [7, 11) is 3.17. The number of piperidine rings is 1. The maximum absolute atomic E-state index is 13.0. The molecule has 4 rings (SSSR count). The molecule has 0 saturated carbocycles. The third kappa shape index (κ3) is 5.92. The molecule has 0 radical (unpaired) electrons. The van der Waals surface area contributed by atoms with Crippen LogP contribution in [-0.4, -0.2) is 55.2 Å². The number of aromatic nitrogens is 1. The Bertz CT molecular complexity index is 1210. The average molecular weight is 477 g/mol. The Hall–Kier alpha value is -3.16. The topological polar surface area (TPSA) is 75.6 Å². The minimum absolute atomic E-state index is 0.171. The van der Waals surface area contributed by atoms with E-state index in [-0.39, 0.29) is 11.5 Å². The van der Waals surface area contributed by atoms with Crippen LogP contribution in [0.4, 0.5) is 0 Å². The Morgan fingerprint density at radius 1 is 1.03 bits per heavy atom. The Balaban J connectivity index is 1.38. The van der Waals surface area contributed by atoms with Crippen molar-refractivity contribution in [2.45, 2.75) is 45.3 Å². The first-order valence-electron chi connectivity index (χ1n) is 12.5. The molecule has 7 nitrogen and oxygen atoms in total. The van der Waals surface area contributed by atoms with Gasteiger partial charge in [0, 0.05) is 50.2 Å². The van der Waals surface area contributed by atoms with E-state index >= 15 is 0 Å². The molecule has 2 N–H and O–H groups in total. The first kappa shape index (κ1) is 24.9. The number of hydrogen-bond donors (Lipinski definition) is 2. The van der Waals surface area contributed by atoms with E-state index in [0.717, 1.165) is 56.3 Å². The van der Waals surface area contributed by atoms with Crippen LogP contribution in [0.3, 0.4) is 0 Å². The van der Waals surface area contributed by atoms with Crippen LogP contribution in [0.2, 0.25) is 0 Å². The lowest BCUT2D eigenvalue weighted by molar-refractivity contribution is 0.0964. The van der Waals surface area contributed by atoms with Crippen molar-refractivity contribution in [3.05, 3.63) is 75.6 Å². The van der Waals surface area contributed by atoms with Crippen molar-refractivity contribution in [3.8, 4) is 5.75 Å². The molecule has 0 aliphatic carbocycles. The molecule has 1 saturated heterocycles. The molecular formula is C28H36N4O3. The summed E-state index contributed by atoms with van der Waals surface area (Å²) in [6.07, 6.45) is 3.25. The molecule has 0 unspecified atom stereocenters. The maximum Gasteiger partial charge on any atom is 0.251 e. The van der Waals surface area contributed by atoms with Crippen LogP contribution in [0, 0.1) is 0 Å². The van der Waals surface area contributed by atoms with Crippen LogP contribution in [0.25, 0.3) is 10.9 Å². The SMILES string of the molecule is CCc1ccc(CNC2CCN(CCn3c(=O)cc(C(=O)NC)c4ccc(OC)cc43)CC2)cc1. The van der Waals surface area contributed by atoms with E-state index in [9.17, 15) is 9.59 Å². The Morgan fingerprint density at radius 2 is 1.74 bits per heavy atom. The summed E-state index contributed by atoms with van der Waals surface area (Å²) in [5.74, 6) is 0.399. The van der Waals surface area contributed by atoms with Gasteiger partial charge in [-0.1, -0.05) is 31.2 Å². The molecule has 35 heavy (non-hydrogen) atoms. The number of nitrogens with one attached hydrogen (secondary N) is 2. The molecule has 0 spiro atoms. The lowest BCUT2D eigenvalue weighted by Crippen LogP contribution is -2.43. The predicted molar refractivity (Wildman–Crippen MR) is 140 cm³/mol. The third-order valence-corrected chi connectivity index (χ3v) is 7.04. The molecular weight excluding hydrogens is 440 g/mol.